The number of halogens is 6. The largest absolute Gasteiger partial charge is 0.216 e. The Kier molecular flexibility index (Phi) is 4.11. The van der Waals surface area contributed by atoms with Crippen molar-refractivity contribution in [3.8, 4) is 11.1 Å². The first-order chi connectivity index (χ1) is 9.69. The maximum Gasteiger partial charge on any atom is 0.216 e. The van der Waals surface area contributed by atoms with Gasteiger partial charge in [0.15, 0.2) is 0 Å². The van der Waals surface area contributed by atoms with Crippen LogP contribution in [0.2, 0.25) is 0 Å². The molecule has 21 heavy (non-hydrogen) atoms. The summed E-state index contributed by atoms with van der Waals surface area (Å²) in [5.74, 6) is 0. The van der Waals surface area contributed by atoms with Gasteiger partial charge < -0.3 is 0 Å². The Hall–Kier alpha value is 0.180. The second-order valence-electron chi connectivity index (χ2n) is 4.84. The minimum absolute atomic E-state index is 0.402. The van der Waals surface area contributed by atoms with E-state index in [2.05, 4.69) is 0 Å². The molecular weight excluding hydrogens is 393 g/mol. The third-order valence-electron chi connectivity index (χ3n) is 3.58. The molecule has 0 amide bonds. The van der Waals surface area contributed by atoms with Crippen LogP contribution in [0, 0.1) is 0 Å². The van der Waals surface area contributed by atoms with Crippen molar-refractivity contribution in [1.82, 2.24) is 0 Å². The molecule has 2 aromatic rings. The Morgan fingerprint density at radius 1 is 0.714 bits per heavy atom. The molecule has 0 fully saturated rings. The van der Waals surface area contributed by atoms with Gasteiger partial charge >= 0.3 is 0 Å². The second-order valence-corrected chi connectivity index (χ2v) is 9.41. The van der Waals surface area contributed by atoms with E-state index in [1.807, 2.05) is 30.3 Å². The van der Waals surface area contributed by atoms with Crippen LogP contribution in [-0.4, -0.2) is 0 Å². The molecule has 0 saturated heterocycles. The topological polar surface area (TPSA) is 0 Å². The van der Waals surface area contributed by atoms with Crippen LogP contribution in [0.25, 0.3) is 11.1 Å². The number of hydrogen-bond acceptors (Lipinski definition) is 0. The van der Waals surface area contributed by atoms with E-state index in [-0.39, 0.29) is 0 Å². The van der Waals surface area contributed by atoms with E-state index in [9.17, 15) is 0 Å². The number of hydrogen-bond donors (Lipinski definition) is 0. The smallest absolute Gasteiger partial charge is 0.0784 e. The fourth-order valence-electron chi connectivity index (χ4n) is 2.77. The van der Waals surface area contributed by atoms with Gasteiger partial charge in [0.2, 0.25) is 7.59 Å². The predicted molar refractivity (Wildman–Crippen MR) is 93.2 cm³/mol. The summed E-state index contributed by atoms with van der Waals surface area (Å²) < 4.78 is -3.31. The van der Waals surface area contributed by atoms with Gasteiger partial charge in [0.1, 0.15) is 0 Å². The highest BCUT2D eigenvalue weighted by atomic mass is 35.6. The molecule has 0 N–H and O–H groups in total. The van der Waals surface area contributed by atoms with Crippen LogP contribution in [0.15, 0.2) is 36.4 Å². The fourth-order valence-corrected chi connectivity index (χ4v) is 3.89. The summed E-state index contributed by atoms with van der Waals surface area (Å²) >= 11 is 36.6. The Balaban J connectivity index is 2.31. The van der Waals surface area contributed by atoms with Gasteiger partial charge in [-0.3, -0.25) is 0 Å². The monoisotopic (exact) mass is 398 g/mol. The van der Waals surface area contributed by atoms with Crippen molar-refractivity contribution in [3.05, 3.63) is 58.7 Å². The molecule has 1 aliphatic carbocycles. The summed E-state index contributed by atoms with van der Waals surface area (Å²) in [7, 11) is 0. The Morgan fingerprint density at radius 3 is 2.00 bits per heavy atom. The molecule has 0 aliphatic heterocycles. The minimum atomic E-state index is -1.66. The van der Waals surface area contributed by atoms with Gasteiger partial charge in [-0.05, 0) is 28.7 Å². The molecule has 6 heteroatoms. The van der Waals surface area contributed by atoms with Crippen LogP contribution in [0.1, 0.15) is 22.3 Å². The standard InChI is InChI=1S/C15H8Cl6/c16-14(17,18)12-6-5-10-9-4-2-1-3-8(9)7-11(10)13(12)15(19,20)21/h1-6H,7H2. The summed E-state index contributed by atoms with van der Waals surface area (Å²) in [5, 5.41) is 0. The van der Waals surface area contributed by atoms with Crippen LogP contribution in [-0.2, 0) is 14.0 Å². The molecule has 0 radical (unpaired) electrons. The van der Waals surface area contributed by atoms with E-state index < -0.39 is 7.59 Å². The Bertz CT molecular complexity index is 709. The SMILES string of the molecule is ClC(Cl)(Cl)c1ccc2c(c1C(Cl)(Cl)Cl)Cc1ccccc1-2. The first kappa shape index (κ1) is 16.1. The lowest BCUT2D eigenvalue weighted by Gasteiger charge is -2.24. The maximum atomic E-state index is 6.15. The average molecular weight is 401 g/mol. The molecule has 0 atom stereocenters. The van der Waals surface area contributed by atoms with Crippen molar-refractivity contribution in [2.45, 2.75) is 14.0 Å². The summed E-state index contributed by atoms with van der Waals surface area (Å²) in [4.78, 5) is 0. The molecule has 0 heterocycles. The first-order valence-electron chi connectivity index (χ1n) is 6.08. The molecule has 0 aromatic heterocycles. The molecule has 0 nitrogen and oxygen atoms in total. The van der Waals surface area contributed by atoms with Gasteiger partial charge in [-0.1, -0.05) is 106 Å². The number of fused-ring (bicyclic) bond motifs is 3. The molecule has 0 saturated carbocycles. The van der Waals surface area contributed by atoms with E-state index >= 15 is 0 Å². The zero-order valence-electron chi connectivity index (χ0n) is 10.4. The molecule has 0 bridgehead atoms. The maximum absolute atomic E-state index is 6.15. The van der Waals surface area contributed by atoms with Crippen LogP contribution in [0.3, 0.4) is 0 Å². The van der Waals surface area contributed by atoms with Gasteiger partial charge in [0, 0.05) is 11.1 Å². The van der Waals surface area contributed by atoms with E-state index in [1.165, 1.54) is 5.56 Å². The van der Waals surface area contributed by atoms with Crippen molar-refractivity contribution < 1.29 is 0 Å². The number of benzene rings is 2. The first-order valence-corrected chi connectivity index (χ1v) is 8.35. The highest BCUT2D eigenvalue weighted by molar-refractivity contribution is 6.69. The lowest BCUT2D eigenvalue weighted by molar-refractivity contribution is 1.06. The minimum Gasteiger partial charge on any atom is -0.0784 e. The van der Waals surface area contributed by atoms with Crippen molar-refractivity contribution in [3.63, 3.8) is 0 Å². The molecule has 3 rings (SSSR count). The predicted octanol–water partition coefficient (Wildman–Crippen LogP) is 6.91. The number of alkyl halides is 6. The van der Waals surface area contributed by atoms with E-state index in [1.54, 1.807) is 6.07 Å². The third kappa shape index (κ3) is 2.87. The van der Waals surface area contributed by atoms with Crippen LogP contribution < -0.4 is 0 Å². The van der Waals surface area contributed by atoms with Crippen LogP contribution >= 0.6 is 69.6 Å². The molecule has 0 unspecified atom stereocenters. The van der Waals surface area contributed by atoms with Crippen LogP contribution in [0.5, 0.6) is 0 Å². The second kappa shape index (κ2) is 5.37. The molecular formula is C15H8Cl6. The zero-order valence-corrected chi connectivity index (χ0v) is 15.0. The van der Waals surface area contributed by atoms with Crippen molar-refractivity contribution in [2.24, 2.45) is 0 Å². The normalized spacial score (nSPS) is 14.0. The van der Waals surface area contributed by atoms with Gasteiger partial charge in [0.25, 0.3) is 0 Å². The third-order valence-corrected chi connectivity index (χ3v) is 4.75. The lowest BCUT2D eigenvalue weighted by Crippen LogP contribution is -2.15. The van der Waals surface area contributed by atoms with Crippen molar-refractivity contribution in [2.75, 3.05) is 0 Å². The summed E-state index contributed by atoms with van der Waals surface area (Å²) in [6, 6.07) is 11.7. The summed E-state index contributed by atoms with van der Waals surface area (Å²) in [6.45, 7) is 0. The van der Waals surface area contributed by atoms with Gasteiger partial charge in [-0.2, -0.15) is 0 Å². The average Bonchev–Trinajstić information content (AvgIpc) is 2.73. The Labute approximate surface area is 152 Å². The fraction of sp³-hybridized carbons (Fsp3) is 0.200. The van der Waals surface area contributed by atoms with Crippen molar-refractivity contribution >= 4 is 69.6 Å². The van der Waals surface area contributed by atoms with E-state index in [4.69, 9.17) is 69.6 Å². The molecule has 0 spiro atoms. The summed E-state index contributed by atoms with van der Waals surface area (Å²) in [6.07, 6.45) is 0.656. The molecule has 110 valence electrons. The summed E-state index contributed by atoms with van der Waals surface area (Å²) in [5.41, 5.74) is 5.08. The number of rotatable bonds is 0. The van der Waals surface area contributed by atoms with Gasteiger partial charge in [-0.25, -0.2) is 0 Å². The van der Waals surface area contributed by atoms with Gasteiger partial charge in [0.05, 0.1) is 0 Å². The lowest BCUT2D eigenvalue weighted by atomic mass is 9.97. The quantitative estimate of drug-likeness (QED) is 0.359. The van der Waals surface area contributed by atoms with Crippen LogP contribution in [0.4, 0.5) is 0 Å². The van der Waals surface area contributed by atoms with Crippen molar-refractivity contribution in [1.29, 1.82) is 0 Å². The van der Waals surface area contributed by atoms with E-state index in [0.717, 1.165) is 16.7 Å². The van der Waals surface area contributed by atoms with Gasteiger partial charge in [-0.15, -0.1) is 0 Å². The molecule has 2 aromatic carbocycles. The molecule has 1 aliphatic rings. The highest BCUT2D eigenvalue weighted by Crippen LogP contribution is 2.53. The Morgan fingerprint density at radius 2 is 1.38 bits per heavy atom. The highest BCUT2D eigenvalue weighted by Gasteiger charge is 2.39. The zero-order chi connectivity index (χ0) is 15.4. The van der Waals surface area contributed by atoms with E-state index in [0.29, 0.717) is 17.5 Å².